The van der Waals surface area contributed by atoms with E-state index in [-0.39, 0.29) is 24.3 Å². The monoisotopic (exact) mass is 371 g/mol. The Morgan fingerprint density at radius 2 is 2.00 bits per heavy atom. The molecule has 2 aliphatic carbocycles. The van der Waals surface area contributed by atoms with Gasteiger partial charge in [-0.2, -0.15) is 5.10 Å². The lowest BCUT2D eigenvalue weighted by molar-refractivity contribution is -0.141. The maximum atomic E-state index is 13.3. The molecule has 1 heterocycles. The average Bonchev–Trinajstić information content (AvgIpc) is 3.25. The van der Waals surface area contributed by atoms with Gasteiger partial charge in [-0.05, 0) is 56.4 Å². The van der Waals surface area contributed by atoms with Crippen LogP contribution in [0.5, 0.6) is 0 Å². The summed E-state index contributed by atoms with van der Waals surface area (Å²) in [5.41, 5.74) is 3.08. The summed E-state index contributed by atoms with van der Waals surface area (Å²) in [6.07, 6.45) is 4.36. The van der Waals surface area contributed by atoms with Gasteiger partial charge in [0.2, 0.25) is 0 Å². The smallest absolute Gasteiger partial charge is 0.308 e. The van der Waals surface area contributed by atoms with E-state index in [1.807, 2.05) is 0 Å². The van der Waals surface area contributed by atoms with Crippen molar-refractivity contribution in [3.63, 3.8) is 0 Å². The normalized spacial score (nSPS) is 16.8. The van der Waals surface area contributed by atoms with Crippen molar-refractivity contribution in [3.8, 4) is 5.69 Å². The summed E-state index contributed by atoms with van der Waals surface area (Å²) in [7, 11) is 0. The van der Waals surface area contributed by atoms with Crippen LogP contribution in [-0.4, -0.2) is 44.3 Å². The van der Waals surface area contributed by atoms with Crippen LogP contribution in [0.2, 0.25) is 0 Å². The summed E-state index contributed by atoms with van der Waals surface area (Å²) in [5.74, 6) is -2.04. The number of rotatable bonds is 6. The first-order chi connectivity index (χ1) is 13.0. The van der Waals surface area contributed by atoms with Crippen molar-refractivity contribution in [2.75, 3.05) is 6.54 Å². The summed E-state index contributed by atoms with van der Waals surface area (Å²) in [6.45, 7) is 1.81. The first-order valence-electron chi connectivity index (χ1n) is 9.36. The van der Waals surface area contributed by atoms with Crippen LogP contribution < -0.4 is 0 Å². The maximum Gasteiger partial charge on any atom is 0.308 e. The summed E-state index contributed by atoms with van der Waals surface area (Å²) < 4.78 is 15.0. The number of amides is 1. The third-order valence-corrected chi connectivity index (χ3v) is 5.34. The van der Waals surface area contributed by atoms with Gasteiger partial charge in [0.15, 0.2) is 5.69 Å². The lowest BCUT2D eigenvalue weighted by atomic mass is 10.1. The van der Waals surface area contributed by atoms with E-state index in [1.54, 1.807) is 28.6 Å². The topological polar surface area (TPSA) is 75.4 Å². The van der Waals surface area contributed by atoms with Crippen molar-refractivity contribution in [2.24, 2.45) is 5.92 Å². The van der Waals surface area contributed by atoms with Crippen molar-refractivity contribution < 1.29 is 19.1 Å². The molecule has 1 fully saturated rings. The van der Waals surface area contributed by atoms with Gasteiger partial charge in [0, 0.05) is 23.8 Å². The van der Waals surface area contributed by atoms with Crippen molar-refractivity contribution in [2.45, 2.75) is 45.1 Å². The fourth-order valence-corrected chi connectivity index (χ4v) is 3.70. The van der Waals surface area contributed by atoms with Crippen LogP contribution in [0.3, 0.4) is 0 Å². The van der Waals surface area contributed by atoms with Gasteiger partial charge in [0.05, 0.1) is 11.6 Å². The zero-order valence-electron chi connectivity index (χ0n) is 15.2. The molecule has 1 aromatic heterocycles. The SMILES string of the molecule is CC(CN(C(=O)c1nn(-c2ccc(F)cc2)c2c1CCC2)C1CC1)C(=O)O. The highest BCUT2D eigenvalue weighted by Crippen LogP contribution is 2.33. The largest absolute Gasteiger partial charge is 0.481 e. The predicted octanol–water partition coefficient (Wildman–Crippen LogP) is 2.83. The second-order valence-electron chi connectivity index (χ2n) is 7.44. The van der Waals surface area contributed by atoms with E-state index in [9.17, 15) is 19.1 Å². The maximum absolute atomic E-state index is 13.3. The number of nitrogens with zero attached hydrogens (tertiary/aromatic N) is 3. The Morgan fingerprint density at radius 3 is 2.63 bits per heavy atom. The Morgan fingerprint density at radius 1 is 1.30 bits per heavy atom. The number of carbonyl (C=O) groups excluding carboxylic acids is 1. The number of hydrogen-bond donors (Lipinski definition) is 1. The minimum atomic E-state index is -0.907. The quantitative estimate of drug-likeness (QED) is 0.847. The second kappa shape index (κ2) is 6.79. The van der Waals surface area contributed by atoms with E-state index < -0.39 is 11.9 Å². The molecule has 4 rings (SSSR count). The number of benzene rings is 1. The van der Waals surface area contributed by atoms with E-state index in [1.165, 1.54) is 12.1 Å². The molecule has 1 amide bonds. The van der Waals surface area contributed by atoms with Gasteiger partial charge in [-0.25, -0.2) is 9.07 Å². The summed E-state index contributed by atoms with van der Waals surface area (Å²) in [4.78, 5) is 26.2. The molecule has 1 saturated carbocycles. The third-order valence-electron chi connectivity index (χ3n) is 5.34. The summed E-state index contributed by atoms with van der Waals surface area (Å²) in [5, 5.41) is 13.8. The van der Waals surface area contributed by atoms with Crippen molar-refractivity contribution in [1.29, 1.82) is 0 Å². The van der Waals surface area contributed by atoms with Crippen LogP contribution in [0, 0.1) is 11.7 Å². The number of fused-ring (bicyclic) bond motifs is 1. The molecule has 27 heavy (non-hydrogen) atoms. The van der Waals surface area contributed by atoms with Crippen LogP contribution in [-0.2, 0) is 17.6 Å². The number of carboxylic acid groups (broad SMARTS) is 1. The molecule has 0 radical (unpaired) electrons. The van der Waals surface area contributed by atoms with Crippen molar-refractivity contribution in [3.05, 3.63) is 47.0 Å². The first-order valence-corrected chi connectivity index (χ1v) is 9.36. The zero-order valence-corrected chi connectivity index (χ0v) is 15.2. The van der Waals surface area contributed by atoms with Gasteiger partial charge >= 0.3 is 5.97 Å². The minimum absolute atomic E-state index is 0.104. The van der Waals surface area contributed by atoms with E-state index in [0.29, 0.717) is 5.69 Å². The van der Waals surface area contributed by atoms with Gasteiger partial charge in [-0.3, -0.25) is 9.59 Å². The molecule has 6 nitrogen and oxygen atoms in total. The number of halogens is 1. The Kier molecular flexibility index (Phi) is 4.45. The molecular weight excluding hydrogens is 349 g/mol. The number of hydrogen-bond acceptors (Lipinski definition) is 3. The van der Waals surface area contributed by atoms with E-state index in [2.05, 4.69) is 5.10 Å². The zero-order chi connectivity index (χ0) is 19.1. The van der Waals surface area contributed by atoms with Gasteiger partial charge in [0.25, 0.3) is 5.91 Å². The van der Waals surface area contributed by atoms with Crippen molar-refractivity contribution >= 4 is 11.9 Å². The molecule has 1 N–H and O–H groups in total. The van der Waals surface area contributed by atoms with Crippen LogP contribution >= 0.6 is 0 Å². The molecule has 0 bridgehead atoms. The summed E-state index contributed by atoms with van der Waals surface area (Å²) in [6, 6.07) is 6.17. The van der Waals surface area contributed by atoms with Crippen LogP contribution in [0.25, 0.3) is 5.69 Å². The van der Waals surface area contributed by atoms with E-state index in [4.69, 9.17) is 0 Å². The number of carboxylic acids is 1. The van der Waals surface area contributed by atoms with Crippen LogP contribution in [0.1, 0.15) is 47.9 Å². The Bertz CT molecular complexity index is 887. The highest BCUT2D eigenvalue weighted by Gasteiger charge is 2.38. The number of carbonyl (C=O) groups is 2. The number of aromatic nitrogens is 2. The van der Waals surface area contributed by atoms with E-state index >= 15 is 0 Å². The molecule has 1 unspecified atom stereocenters. The summed E-state index contributed by atoms with van der Waals surface area (Å²) >= 11 is 0. The molecule has 142 valence electrons. The molecule has 2 aromatic rings. The molecule has 1 aromatic carbocycles. The fraction of sp³-hybridized carbons (Fsp3) is 0.450. The van der Waals surface area contributed by atoms with Crippen molar-refractivity contribution in [1.82, 2.24) is 14.7 Å². The second-order valence-corrected chi connectivity index (χ2v) is 7.44. The molecule has 7 heteroatoms. The van der Waals surface area contributed by atoms with Gasteiger partial charge in [-0.1, -0.05) is 6.92 Å². The molecule has 1 atom stereocenters. The molecule has 0 spiro atoms. The Balaban J connectivity index is 1.68. The number of aliphatic carboxylic acids is 1. The molecule has 0 aliphatic heterocycles. The Hall–Kier alpha value is -2.70. The highest BCUT2D eigenvalue weighted by molar-refractivity contribution is 5.95. The van der Waals surface area contributed by atoms with Gasteiger partial charge in [0.1, 0.15) is 5.82 Å². The molecule has 2 aliphatic rings. The lowest BCUT2D eigenvalue weighted by Crippen LogP contribution is -2.39. The molecule has 0 saturated heterocycles. The van der Waals surface area contributed by atoms with Crippen LogP contribution in [0.4, 0.5) is 4.39 Å². The average molecular weight is 371 g/mol. The minimum Gasteiger partial charge on any atom is -0.481 e. The van der Waals surface area contributed by atoms with Crippen LogP contribution in [0.15, 0.2) is 24.3 Å². The standard InChI is InChI=1S/C20H22FN3O3/c1-12(20(26)27)11-23(14-9-10-14)19(25)18-16-3-2-4-17(16)24(22-18)15-7-5-13(21)6-8-15/h5-8,12,14H,2-4,9-11H2,1H3,(H,26,27). The fourth-order valence-electron chi connectivity index (χ4n) is 3.70. The third kappa shape index (κ3) is 3.34. The highest BCUT2D eigenvalue weighted by atomic mass is 19.1. The van der Waals surface area contributed by atoms with Gasteiger partial charge < -0.3 is 10.0 Å². The Labute approximate surface area is 156 Å². The first kappa shape index (κ1) is 17.7. The molecular formula is C20H22FN3O3. The predicted molar refractivity (Wildman–Crippen MR) is 96.4 cm³/mol. The van der Waals surface area contributed by atoms with E-state index in [0.717, 1.165) is 49.0 Å². The lowest BCUT2D eigenvalue weighted by Gasteiger charge is -2.23. The van der Waals surface area contributed by atoms with Gasteiger partial charge in [-0.15, -0.1) is 0 Å².